The number of nitrogens with zero attached hydrogens (tertiary/aromatic N) is 1. The fraction of sp³-hybridized carbons (Fsp3) is 0.273. The third-order valence-electron chi connectivity index (χ3n) is 2.24. The third-order valence-corrected chi connectivity index (χ3v) is 3.01. The lowest BCUT2D eigenvalue weighted by atomic mass is 10.3. The Bertz CT molecular complexity index is 530. The molecule has 5 nitrogen and oxygen atoms in total. The number of amides is 1. The Kier molecular flexibility index (Phi) is 3.26. The zero-order chi connectivity index (χ0) is 12.4. The van der Waals surface area contributed by atoms with Gasteiger partial charge in [0.2, 0.25) is 0 Å². The molecule has 0 aliphatic heterocycles. The maximum Gasteiger partial charge on any atom is 0.293 e. The predicted octanol–water partition coefficient (Wildman–Crippen LogP) is 2.35. The summed E-state index contributed by atoms with van der Waals surface area (Å²) >= 11 is 1.26. The van der Waals surface area contributed by atoms with Crippen LogP contribution in [0.25, 0.3) is 0 Å². The lowest BCUT2D eigenvalue weighted by molar-refractivity contribution is 0.0995. The zero-order valence-electron chi connectivity index (χ0n) is 9.43. The van der Waals surface area contributed by atoms with Gasteiger partial charge in [0.25, 0.3) is 5.91 Å². The number of rotatable bonds is 3. The number of anilines is 1. The summed E-state index contributed by atoms with van der Waals surface area (Å²) in [7, 11) is 0. The maximum atomic E-state index is 11.8. The van der Waals surface area contributed by atoms with E-state index in [1.54, 1.807) is 25.3 Å². The van der Waals surface area contributed by atoms with Gasteiger partial charge < -0.3 is 9.52 Å². The molecule has 0 bridgehead atoms. The number of aliphatic hydroxyl groups excluding tert-OH is 1. The van der Waals surface area contributed by atoms with Crippen LogP contribution in [0.2, 0.25) is 0 Å². The van der Waals surface area contributed by atoms with Gasteiger partial charge in [-0.1, -0.05) is 0 Å². The highest BCUT2D eigenvalue weighted by molar-refractivity contribution is 7.14. The molecule has 0 aromatic carbocycles. The molecule has 0 fully saturated rings. The number of carbonyl (C=O) groups excluding carboxylic acids is 1. The van der Waals surface area contributed by atoms with Gasteiger partial charge in [-0.05, 0) is 19.9 Å². The minimum Gasteiger partial charge on any atom is -0.459 e. The molecule has 2 heterocycles. The molecule has 0 spiro atoms. The van der Waals surface area contributed by atoms with E-state index >= 15 is 0 Å². The van der Waals surface area contributed by atoms with Crippen molar-refractivity contribution in [3.63, 3.8) is 0 Å². The minimum absolute atomic E-state index is 0.277. The molecule has 1 unspecified atom stereocenters. The summed E-state index contributed by atoms with van der Waals surface area (Å²) in [6, 6.07) is 1.72. The van der Waals surface area contributed by atoms with E-state index in [0.29, 0.717) is 10.8 Å². The van der Waals surface area contributed by atoms with E-state index in [1.165, 1.54) is 17.6 Å². The van der Waals surface area contributed by atoms with Crippen molar-refractivity contribution >= 4 is 22.4 Å². The summed E-state index contributed by atoms with van der Waals surface area (Å²) in [5, 5.41) is 14.1. The second-order valence-electron chi connectivity index (χ2n) is 3.64. The van der Waals surface area contributed by atoms with Crippen molar-refractivity contribution in [2.75, 3.05) is 5.32 Å². The molecule has 6 heteroatoms. The Hall–Kier alpha value is -1.66. The Labute approximate surface area is 102 Å². The molecule has 0 aliphatic rings. The van der Waals surface area contributed by atoms with Crippen molar-refractivity contribution in [2.24, 2.45) is 0 Å². The van der Waals surface area contributed by atoms with Crippen LogP contribution in [0.3, 0.4) is 0 Å². The van der Waals surface area contributed by atoms with Crippen molar-refractivity contribution in [3.8, 4) is 0 Å². The van der Waals surface area contributed by atoms with Crippen LogP contribution in [0, 0.1) is 6.92 Å². The molecular weight excluding hydrogens is 240 g/mol. The van der Waals surface area contributed by atoms with Crippen LogP contribution in [-0.4, -0.2) is 16.0 Å². The zero-order valence-corrected chi connectivity index (χ0v) is 10.2. The van der Waals surface area contributed by atoms with Gasteiger partial charge in [-0.2, -0.15) is 0 Å². The second-order valence-corrected chi connectivity index (χ2v) is 4.50. The smallest absolute Gasteiger partial charge is 0.293 e. The first-order chi connectivity index (χ1) is 8.08. The summed E-state index contributed by atoms with van der Waals surface area (Å²) in [6.45, 7) is 3.42. The molecule has 17 heavy (non-hydrogen) atoms. The molecule has 0 aliphatic carbocycles. The number of carbonyl (C=O) groups is 1. The number of aromatic nitrogens is 1. The monoisotopic (exact) mass is 252 g/mol. The first-order valence-electron chi connectivity index (χ1n) is 5.07. The van der Waals surface area contributed by atoms with E-state index in [2.05, 4.69) is 10.3 Å². The van der Waals surface area contributed by atoms with Crippen LogP contribution < -0.4 is 5.32 Å². The van der Waals surface area contributed by atoms with Crippen LogP contribution in [0.5, 0.6) is 0 Å². The van der Waals surface area contributed by atoms with Gasteiger partial charge in [-0.25, -0.2) is 4.98 Å². The van der Waals surface area contributed by atoms with E-state index in [-0.39, 0.29) is 11.7 Å². The van der Waals surface area contributed by atoms with Gasteiger partial charge in [-0.3, -0.25) is 10.1 Å². The van der Waals surface area contributed by atoms with Crippen molar-refractivity contribution in [1.29, 1.82) is 0 Å². The largest absolute Gasteiger partial charge is 0.459 e. The summed E-state index contributed by atoms with van der Waals surface area (Å²) in [6.07, 6.45) is 0.829. The normalized spacial score (nSPS) is 12.4. The number of furan rings is 1. The molecule has 2 aromatic heterocycles. The fourth-order valence-electron chi connectivity index (χ4n) is 1.29. The lowest BCUT2D eigenvalue weighted by Gasteiger charge is -2.00. The van der Waals surface area contributed by atoms with E-state index in [1.807, 2.05) is 0 Å². The SMILES string of the molecule is Cc1ccoc1C(=O)Nc1nc(C(C)O)cs1. The van der Waals surface area contributed by atoms with E-state index in [4.69, 9.17) is 4.42 Å². The highest BCUT2D eigenvalue weighted by Crippen LogP contribution is 2.21. The van der Waals surface area contributed by atoms with Crippen LogP contribution in [0.1, 0.15) is 34.8 Å². The van der Waals surface area contributed by atoms with E-state index in [9.17, 15) is 9.90 Å². The number of hydrogen-bond acceptors (Lipinski definition) is 5. The van der Waals surface area contributed by atoms with E-state index < -0.39 is 6.10 Å². The molecule has 2 N–H and O–H groups in total. The average Bonchev–Trinajstić information content (AvgIpc) is 2.86. The Balaban J connectivity index is 2.11. The first kappa shape index (κ1) is 11.8. The number of hydrogen-bond donors (Lipinski definition) is 2. The molecular formula is C11H12N2O3S. The maximum absolute atomic E-state index is 11.8. The van der Waals surface area contributed by atoms with Gasteiger partial charge >= 0.3 is 0 Å². The molecule has 0 saturated heterocycles. The summed E-state index contributed by atoms with van der Waals surface area (Å²) < 4.78 is 5.07. The highest BCUT2D eigenvalue weighted by Gasteiger charge is 2.15. The van der Waals surface area contributed by atoms with Crippen LogP contribution in [0.4, 0.5) is 5.13 Å². The Morgan fingerprint density at radius 2 is 2.41 bits per heavy atom. The predicted molar refractivity (Wildman–Crippen MR) is 64.1 cm³/mol. The molecule has 0 radical (unpaired) electrons. The standard InChI is InChI=1S/C11H12N2O3S/c1-6-3-4-16-9(6)10(15)13-11-12-8(5-17-11)7(2)14/h3-5,7,14H,1-2H3,(H,12,13,15). The average molecular weight is 252 g/mol. The quantitative estimate of drug-likeness (QED) is 0.879. The second kappa shape index (κ2) is 4.68. The third kappa shape index (κ3) is 2.54. The molecule has 90 valence electrons. The van der Waals surface area contributed by atoms with E-state index in [0.717, 1.165) is 5.56 Å². The molecule has 2 aromatic rings. The van der Waals surface area contributed by atoms with Crippen molar-refractivity contribution in [1.82, 2.24) is 4.98 Å². The van der Waals surface area contributed by atoms with Crippen molar-refractivity contribution < 1.29 is 14.3 Å². The summed E-state index contributed by atoms with van der Waals surface area (Å²) in [5.41, 5.74) is 1.32. The first-order valence-corrected chi connectivity index (χ1v) is 5.95. The number of thiazole rings is 1. The molecule has 2 rings (SSSR count). The van der Waals surface area contributed by atoms with Crippen molar-refractivity contribution in [2.45, 2.75) is 20.0 Å². The Morgan fingerprint density at radius 3 is 2.94 bits per heavy atom. The topological polar surface area (TPSA) is 75.4 Å². The van der Waals surface area contributed by atoms with Crippen LogP contribution in [0.15, 0.2) is 22.1 Å². The van der Waals surface area contributed by atoms with Crippen LogP contribution >= 0.6 is 11.3 Å². The fourth-order valence-corrected chi connectivity index (χ4v) is 2.09. The number of aliphatic hydroxyl groups is 1. The van der Waals surface area contributed by atoms with Crippen LogP contribution in [-0.2, 0) is 0 Å². The summed E-state index contributed by atoms with van der Waals surface area (Å²) in [4.78, 5) is 15.9. The van der Waals surface area contributed by atoms with Gasteiger partial charge in [0, 0.05) is 10.9 Å². The highest BCUT2D eigenvalue weighted by atomic mass is 32.1. The van der Waals surface area contributed by atoms with Gasteiger partial charge in [-0.15, -0.1) is 11.3 Å². The lowest BCUT2D eigenvalue weighted by Crippen LogP contribution is -2.12. The summed E-state index contributed by atoms with van der Waals surface area (Å²) in [5.74, 6) is -0.0576. The Morgan fingerprint density at radius 1 is 1.65 bits per heavy atom. The number of aryl methyl sites for hydroxylation is 1. The van der Waals surface area contributed by atoms with Gasteiger partial charge in [0.15, 0.2) is 10.9 Å². The molecule has 1 atom stereocenters. The minimum atomic E-state index is -0.637. The van der Waals surface area contributed by atoms with Gasteiger partial charge in [0.1, 0.15) is 0 Å². The van der Waals surface area contributed by atoms with Gasteiger partial charge in [0.05, 0.1) is 18.1 Å². The number of nitrogens with one attached hydrogen (secondary N) is 1. The molecule has 0 saturated carbocycles. The van der Waals surface area contributed by atoms with Crippen molar-refractivity contribution in [3.05, 3.63) is 34.7 Å². The molecule has 1 amide bonds.